The third kappa shape index (κ3) is 3.21. The summed E-state index contributed by atoms with van der Waals surface area (Å²) in [5.41, 5.74) is 8.45. The van der Waals surface area contributed by atoms with Gasteiger partial charge >= 0.3 is 6.03 Å². The quantitative estimate of drug-likeness (QED) is 0.749. The number of hydrogen-bond acceptors (Lipinski definition) is 3. The van der Waals surface area contributed by atoms with Crippen LogP contribution in [0.1, 0.15) is 47.6 Å². The number of fused-ring (bicyclic) bond motifs is 2. The van der Waals surface area contributed by atoms with Gasteiger partial charge in [-0.3, -0.25) is 4.72 Å². The second-order valence-corrected chi connectivity index (χ2v) is 7.64. The molecule has 0 radical (unpaired) electrons. The highest BCUT2D eigenvalue weighted by molar-refractivity contribution is 7.97. The number of urea groups is 1. The van der Waals surface area contributed by atoms with Crippen LogP contribution in [0.4, 0.5) is 10.5 Å². The highest BCUT2D eigenvalue weighted by atomic mass is 32.2. The number of amides is 2. The Kier molecular flexibility index (Phi) is 4.34. The topological polar surface area (TPSA) is 54.3 Å². The summed E-state index contributed by atoms with van der Waals surface area (Å²) in [6, 6.07) is 4.04. The van der Waals surface area contributed by atoms with Crippen LogP contribution in [-0.4, -0.2) is 6.03 Å². The average Bonchev–Trinajstić information content (AvgIpc) is 3.32. The fourth-order valence-corrected chi connectivity index (χ4v) is 4.32. The maximum absolute atomic E-state index is 12.4. The molecule has 0 spiro atoms. The van der Waals surface area contributed by atoms with Crippen molar-refractivity contribution in [2.45, 2.75) is 50.5 Å². The molecule has 2 aromatic rings. The van der Waals surface area contributed by atoms with E-state index in [1.165, 1.54) is 47.0 Å². The maximum atomic E-state index is 12.4. The van der Waals surface area contributed by atoms with Crippen molar-refractivity contribution in [3.05, 3.63) is 52.8 Å². The van der Waals surface area contributed by atoms with Gasteiger partial charge in [-0.2, -0.15) is 0 Å². The van der Waals surface area contributed by atoms with E-state index in [1.807, 2.05) is 13.0 Å². The molecule has 1 aromatic heterocycles. The number of carbonyl (C=O) groups excluding carboxylic acids is 1. The Morgan fingerprint density at radius 1 is 1.12 bits per heavy atom. The van der Waals surface area contributed by atoms with Crippen LogP contribution in [0.25, 0.3) is 5.57 Å². The molecule has 0 fully saturated rings. The maximum Gasteiger partial charge on any atom is 0.329 e. The van der Waals surface area contributed by atoms with E-state index in [2.05, 4.69) is 22.7 Å². The van der Waals surface area contributed by atoms with Crippen LogP contribution in [0.2, 0.25) is 0 Å². The number of benzene rings is 1. The Morgan fingerprint density at radius 3 is 2.40 bits per heavy atom. The van der Waals surface area contributed by atoms with Crippen LogP contribution in [0.15, 0.2) is 34.5 Å². The molecular weight excluding hydrogens is 332 g/mol. The van der Waals surface area contributed by atoms with Crippen molar-refractivity contribution >= 4 is 29.2 Å². The number of allylic oxidation sites excluding steroid dienone is 1. The molecule has 2 aliphatic carbocycles. The minimum atomic E-state index is -0.201. The molecule has 2 N–H and O–H groups in total. The van der Waals surface area contributed by atoms with E-state index in [1.54, 1.807) is 6.26 Å². The summed E-state index contributed by atoms with van der Waals surface area (Å²) in [7, 11) is 0. The van der Waals surface area contributed by atoms with Crippen molar-refractivity contribution in [2.75, 3.05) is 5.32 Å². The normalized spacial score (nSPS) is 14.9. The van der Waals surface area contributed by atoms with Gasteiger partial charge in [0.15, 0.2) is 5.09 Å². The monoisotopic (exact) mass is 354 g/mol. The lowest BCUT2D eigenvalue weighted by Crippen LogP contribution is -2.24. The van der Waals surface area contributed by atoms with E-state index >= 15 is 0 Å². The Morgan fingerprint density at radius 2 is 1.80 bits per heavy atom. The summed E-state index contributed by atoms with van der Waals surface area (Å²) in [6.07, 6.45) is 8.39. The Labute approximate surface area is 152 Å². The van der Waals surface area contributed by atoms with Gasteiger partial charge in [-0.05, 0) is 79.3 Å². The summed E-state index contributed by atoms with van der Waals surface area (Å²) >= 11 is 1.18. The van der Waals surface area contributed by atoms with Gasteiger partial charge in [0.05, 0.1) is 6.26 Å². The van der Waals surface area contributed by atoms with Crippen molar-refractivity contribution in [3.63, 3.8) is 0 Å². The average molecular weight is 354 g/mol. The number of rotatable bonds is 4. The van der Waals surface area contributed by atoms with E-state index in [0.717, 1.165) is 42.5 Å². The molecule has 0 saturated carbocycles. The zero-order valence-corrected chi connectivity index (χ0v) is 15.2. The van der Waals surface area contributed by atoms with Crippen molar-refractivity contribution in [1.82, 2.24) is 4.72 Å². The zero-order valence-electron chi connectivity index (χ0n) is 14.4. The predicted octanol–water partition coefficient (Wildman–Crippen LogP) is 5.12. The predicted molar refractivity (Wildman–Crippen MR) is 102 cm³/mol. The van der Waals surface area contributed by atoms with Gasteiger partial charge < -0.3 is 9.73 Å². The molecule has 25 heavy (non-hydrogen) atoms. The van der Waals surface area contributed by atoms with Crippen molar-refractivity contribution < 1.29 is 9.21 Å². The first-order valence-electron chi connectivity index (χ1n) is 8.76. The van der Waals surface area contributed by atoms with Gasteiger partial charge in [0.2, 0.25) is 0 Å². The standard InChI is InChI=1S/C20H22N2O2S/c1-12(2)15-10-18(24-11-15)25-22-20(23)21-19-16-7-3-5-13(16)9-14-6-4-8-17(14)19/h9-11H,1,3-8H2,2H3,(H2,21,22,23). The van der Waals surface area contributed by atoms with Gasteiger partial charge in [-0.1, -0.05) is 12.6 Å². The third-order valence-corrected chi connectivity index (χ3v) is 5.73. The molecule has 1 aromatic carbocycles. The second-order valence-electron chi connectivity index (χ2n) is 6.83. The number of aryl methyl sites for hydroxylation is 2. The largest absolute Gasteiger partial charge is 0.456 e. The van der Waals surface area contributed by atoms with Gasteiger partial charge in [0.25, 0.3) is 0 Å². The van der Waals surface area contributed by atoms with Crippen LogP contribution in [0, 0.1) is 0 Å². The summed E-state index contributed by atoms with van der Waals surface area (Å²) in [6.45, 7) is 5.81. The first-order chi connectivity index (χ1) is 12.1. The molecule has 2 amide bonds. The van der Waals surface area contributed by atoms with E-state index in [-0.39, 0.29) is 6.03 Å². The molecule has 0 bridgehead atoms. The number of furan rings is 1. The van der Waals surface area contributed by atoms with Crippen molar-refractivity contribution in [2.24, 2.45) is 0 Å². The smallest absolute Gasteiger partial charge is 0.329 e. The Balaban J connectivity index is 1.47. The van der Waals surface area contributed by atoms with E-state index in [4.69, 9.17) is 4.42 Å². The molecule has 130 valence electrons. The van der Waals surface area contributed by atoms with E-state index < -0.39 is 0 Å². The second kappa shape index (κ2) is 6.64. The van der Waals surface area contributed by atoms with Gasteiger partial charge in [-0.15, -0.1) is 0 Å². The molecule has 0 unspecified atom stereocenters. The minimum Gasteiger partial charge on any atom is -0.456 e. The number of hydrogen-bond donors (Lipinski definition) is 2. The molecule has 2 aliphatic rings. The Hall–Kier alpha value is -2.14. The molecule has 0 atom stereocenters. The summed E-state index contributed by atoms with van der Waals surface area (Å²) in [5, 5.41) is 3.76. The van der Waals surface area contributed by atoms with Crippen LogP contribution in [-0.2, 0) is 25.7 Å². The summed E-state index contributed by atoms with van der Waals surface area (Å²) < 4.78 is 8.26. The Bertz CT molecular complexity index is 821. The summed E-state index contributed by atoms with van der Waals surface area (Å²) in [4.78, 5) is 12.4. The minimum absolute atomic E-state index is 0.201. The molecule has 5 heteroatoms. The molecule has 4 nitrogen and oxygen atoms in total. The number of carbonyl (C=O) groups is 1. The number of anilines is 1. The van der Waals surface area contributed by atoms with Crippen molar-refractivity contribution in [3.8, 4) is 0 Å². The van der Waals surface area contributed by atoms with Crippen LogP contribution < -0.4 is 10.0 Å². The van der Waals surface area contributed by atoms with Gasteiger partial charge in [0, 0.05) is 23.2 Å². The molecule has 0 saturated heterocycles. The molecule has 1 heterocycles. The fourth-order valence-electron chi connectivity index (χ4n) is 3.80. The van der Waals surface area contributed by atoms with E-state index in [9.17, 15) is 4.79 Å². The lowest BCUT2D eigenvalue weighted by molar-refractivity contribution is 0.257. The lowest BCUT2D eigenvalue weighted by atomic mass is 9.99. The first kappa shape index (κ1) is 16.3. The SMILES string of the molecule is C=C(C)c1coc(SNC(=O)Nc2c3c(cc4c2CCC4)CCC3)c1. The van der Waals surface area contributed by atoms with Crippen LogP contribution in [0.5, 0.6) is 0 Å². The molecule has 4 rings (SSSR count). The lowest BCUT2D eigenvalue weighted by Gasteiger charge is -2.16. The third-order valence-electron chi connectivity index (χ3n) is 5.02. The number of nitrogens with one attached hydrogen (secondary N) is 2. The van der Waals surface area contributed by atoms with E-state index in [0.29, 0.717) is 5.09 Å². The van der Waals surface area contributed by atoms with Gasteiger partial charge in [-0.25, -0.2) is 4.79 Å². The summed E-state index contributed by atoms with van der Waals surface area (Å²) in [5.74, 6) is 0. The van der Waals surface area contributed by atoms with Crippen LogP contribution in [0.3, 0.4) is 0 Å². The highest BCUT2D eigenvalue weighted by Crippen LogP contribution is 2.38. The fraction of sp³-hybridized carbons (Fsp3) is 0.350. The van der Waals surface area contributed by atoms with Gasteiger partial charge in [0.1, 0.15) is 0 Å². The molecular formula is C20H22N2O2S. The first-order valence-corrected chi connectivity index (χ1v) is 9.58. The highest BCUT2D eigenvalue weighted by Gasteiger charge is 2.25. The zero-order chi connectivity index (χ0) is 17.4. The van der Waals surface area contributed by atoms with Crippen LogP contribution >= 0.6 is 11.9 Å². The van der Waals surface area contributed by atoms with Crippen molar-refractivity contribution in [1.29, 1.82) is 0 Å². The molecule has 0 aliphatic heterocycles.